The van der Waals surface area contributed by atoms with E-state index in [0.717, 1.165) is 75.3 Å². The number of methoxy groups -OCH3 is 1. The highest BCUT2D eigenvalue weighted by molar-refractivity contribution is 5.76. The molecule has 4 fully saturated rings. The fourth-order valence-corrected chi connectivity index (χ4v) is 10.1. The van der Waals surface area contributed by atoms with Gasteiger partial charge in [-0.15, -0.1) is 0 Å². The SMILES string of the molecule is COC(C)C1CCN(C(=O)CCC(C)[C@H]2CC[C@H]3[C@@H]4CC=C5C[C@@H](O)CC[C@]5(C)[C@H]4CC[C@]23C)CC1. The summed E-state index contributed by atoms with van der Waals surface area (Å²) in [6.07, 6.45) is 16.4. The molecule has 1 aliphatic heterocycles. The first-order valence-corrected chi connectivity index (χ1v) is 15.4. The van der Waals surface area contributed by atoms with Gasteiger partial charge in [-0.05, 0) is 124 Å². The minimum absolute atomic E-state index is 0.116. The van der Waals surface area contributed by atoms with Crippen LogP contribution in [0.2, 0.25) is 0 Å². The summed E-state index contributed by atoms with van der Waals surface area (Å²) in [5.74, 6) is 4.83. The second-order valence-corrected chi connectivity index (χ2v) is 14.1. The standard InChI is InChI=1S/C32H53NO3/c1-21(6-11-30(35)33-18-14-23(15-19-33)22(2)36-5)27-9-10-28-26-8-7-24-20-25(34)12-16-31(24,3)29(26)13-17-32(27,28)4/h7,21-23,25-29,34H,6,8-20H2,1-5H3/t21?,22?,25-,26-,27+,28-,29-,31-,32+/m0/s1. The third kappa shape index (κ3) is 4.61. The summed E-state index contributed by atoms with van der Waals surface area (Å²) in [6.45, 7) is 11.6. The summed E-state index contributed by atoms with van der Waals surface area (Å²) in [6, 6.07) is 0. The predicted molar refractivity (Wildman–Crippen MR) is 145 cm³/mol. The number of rotatable bonds is 6. The lowest BCUT2D eigenvalue weighted by atomic mass is 9.47. The average molecular weight is 500 g/mol. The highest BCUT2D eigenvalue weighted by Gasteiger charge is 2.59. The van der Waals surface area contributed by atoms with E-state index in [2.05, 4.69) is 38.7 Å². The summed E-state index contributed by atoms with van der Waals surface area (Å²) >= 11 is 0. The van der Waals surface area contributed by atoms with Crippen molar-refractivity contribution >= 4 is 5.91 Å². The lowest BCUT2D eigenvalue weighted by Gasteiger charge is -2.58. The number of aliphatic hydroxyl groups is 1. The lowest BCUT2D eigenvalue weighted by molar-refractivity contribution is -0.133. The number of carbonyl (C=O) groups excluding carboxylic acids is 1. The molecule has 0 radical (unpaired) electrons. The molecule has 204 valence electrons. The highest BCUT2D eigenvalue weighted by atomic mass is 16.5. The molecule has 0 aromatic heterocycles. The molecule has 0 spiro atoms. The van der Waals surface area contributed by atoms with Gasteiger partial charge in [0.1, 0.15) is 0 Å². The largest absolute Gasteiger partial charge is 0.393 e. The molecule has 0 aromatic rings. The Kier molecular flexibility index (Phi) is 7.69. The molecule has 3 saturated carbocycles. The fraction of sp³-hybridized carbons (Fsp3) is 0.906. The van der Waals surface area contributed by atoms with Gasteiger partial charge in [-0.2, -0.15) is 0 Å². The van der Waals surface area contributed by atoms with Crippen LogP contribution < -0.4 is 0 Å². The van der Waals surface area contributed by atoms with E-state index in [1.165, 1.54) is 38.5 Å². The minimum atomic E-state index is -0.116. The van der Waals surface area contributed by atoms with Gasteiger partial charge in [0.2, 0.25) is 5.91 Å². The normalized spacial score (nSPS) is 42.7. The first-order chi connectivity index (χ1) is 17.2. The summed E-state index contributed by atoms with van der Waals surface area (Å²) in [5, 5.41) is 10.3. The van der Waals surface area contributed by atoms with Gasteiger partial charge in [0, 0.05) is 26.6 Å². The van der Waals surface area contributed by atoms with Crippen LogP contribution in [0.4, 0.5) is 0 Å². The van der Waals surface area contributed by atoms with E-state index in [4.69, 9.17) is 4.74 Å². The Balaban J connectivity index is 1.18. The van der Waals surface area contributed by atoms with E-state index in [-0.39, 0.29) is 6.10 Å². The topological polar surface area (TPSA) is 49.8 Å². The average Bonchev–Trinajstić information content (AvgIpc) is 3.24. The molecular formula is C32H53NO3. The molecular weight excluding hydrogens is 446 g/mol. The maximum Gasteiger partial charge on any atom is 0.222 e. The predicted octanol–water partition coefficient (Wildman–Crippen LogP) is 6.62. The Morgan fingerprint density at radius 2 is 1.83 bits per heavy atom. The molecule has 0 bridgehead atoms. The molecule has 2 unspecified atom stereocenters. The zero-order valence-electron chi connectivity index (χ0n) is 23.8. The second-order valence-electron chi connectivity index (χ2n) is 14.1. The number of aliphatic hydroxyl groups excluding tert-OH is 1. The second kappa shape index (κ2) is 10.4. The summed E-state index contributed by atoms with van der Waals surface area (Å²) in [5.41, 5.74) is 2.34. The Hall–Kier alpha value is -0.870. The zero-order chi connectivity index (χ0) is 25.7. The van der Waals surface area contributed by atoms with Crippen LogP contribution in [-0.2, 0) is 9.53 Å². The third-order valence-electron chi connectivity index (χ3n) is 12.6. The van der Waals surface area contributed by atoms with Gasteiger partial charge >= 0.3 is 0 Å². The van der Waals surface area contributed by atoms with E-state index >= 15 is 0 Å². The molecule has 0 aromatic carbocycles. The number of likely N-dealkylation sites (tertiary alicyclic amines) is 1. The van der Waals surface area contributed by atoms with Crippen molar-refractivity contribution in [3.8, 4) is 0 Å². The van der Waals surface area contributed by atoms with E-state index in [9.17, 15) is 9.90 Å². The van der Waals surface area contributed by atoms with Crippen molar-refractivity contribution in [3.63, 3.8) is 0 Å². The van der Waals surface area contributed by atoms with Gasteiger partial charge < -0.3 is 14.7 Å². The van der Waals surface area contributed by atoms with Crippen molar-refractivity contribution in [3.05, 3.63) is 11.6 Å². The Labute approximate surface area is 220 Å². The number of hydrogen-bond acceptors (Lipinski definition) is 3. The van der Waals surface area contributed by atoms with Gasteiger partial charge in [-0.1, -0.05) is 32.4 Å². The molecule has 36 heavy (non-hydrogen) atoms. The zero-order valence-corrected chi connectivity index (χ0v) is 23.8. The molecule has 1 amide bonds. The third-order valence-corrected chi connectivity index (χ3v) is 12.6. The van der Waals surface area contributed by atoms with Crippen LogP contribution in [0.1, 0.15) is 105 Å². The van der Waals surface area contributed by atoms with Crippen LogP contribution in [-0.4, -0.2) is 48.3 Å². The number of ether oxygens (including phenoxy) is 1. The van der Waals surface area contributed by atoms with Gasteiger partial charge in [-0.3, -0.25) is 4.79 Å². The van der Waals surface area contributed by atoms with E-state index < -0.39 is 0 Å². The van der Waals surface area contributed by atoms with Crippen LogP contribution in [0.5, 0.6) is 0 Å². The summed E-state index contributed by atoms with van der Waals surface area (Å²) < 4.78 is 5.53. The molecule has 5 aliphatic rings. The van der Waals surface area contributed by atoms with E-state index in [1.54, 1.807) is 12.7 Å². The first-order valence-electron chi connectivity index (χ1n) is 15.4. The summed E-state index contributed by atoms with van der Waals surface area (Å²) in [4.78, 5) is 15.2. The Morgan fingerprint density at radius 3 is 2.56 bits per heavy atom. The molecule has 4 aliphatic carbocycles. The molecule has 5 rings (SSSR count). The number of amides is 1. The fourth-order valence-electron chi connectivity index (χ4n) is 10.1. The number of nitrogens with zero attached hydrogens (tertiary/aromatic N) is 1. The van der Waals surface area contributed by atoms with Crippen LogP contribution >= 0.6 is 0 Å². The van der Waals surface area contributed by atoms with Crippen molar-refractivity contribution in [2.75, 3.05) is 20.2 Å². The molecule has 1 heterocycles. The Morgan fingerprint density at radius 1 is 1.08 bits per heavy atom. The van der Waals surface area contributed by atoms with Crippen molar-refractivity contribution < 1.29 is 14.6 Å². The van der Waals surface area contributed by atoms with Crippen molar-refractivity contribution in [1.82, 2.24) is 4.90 Å². The summed E-state index contributed by atoms with van der Waals surface area (Å²) in [7, 11) is 1.80. The maximum atomic E-state index is 13.1. The maximum absolute atomic E-state index is 13.1. The Bertz CT molecular complexity index is 831. The minimum Gasteiger partial charge on any atom is -0.393 e. The van der Waals surface area contributed by atoms with E-state index in [0.29, 0.717) is 34.7 Å². The molecule has 1 saturated heterocycles. The van der Waals surface area contributed by atoms with Crippen molar-refractivity contribution in [2.24, 2.45) is 46.3 Å². The van der Waals surface area contributed by atoms with Crippen LogP contribution in [0.25, 0.3) is 0 Å². The van der Waals surface area contributed by atoms with Crippen LogP contribution in [0, 0.1) is 46.3 Å². The molecule has 4 nitrogen and oxygen atoms in total. The quantitative estimate of drug-likeness (QED) is 0.418. The number of hydrogen-bond donors (Lipinski definition) is 1. The first kappa shape index (κ1) is 26.7. The lowest BCUT2D eigenvalue weighted by Crippen LogP contribution is -2.50. The smallest absolute Gasteiger partial charge is 0.222 e. The van der Waals surface area contributed by atoms with Gasteiger partial charge in [0.25, 0.3) is 0 Å². The molecule has 1 N–H and O–H groups in total. The number of piperidine rings is 1. The van der Waals surface area contributed by atoms with Crippen molar-refractivity contribution in [2.45, 2.75) is 117 Å². The van der Waals surface area contributed by atoms with Crippen molar-refractivity contribution in [1.29, 1.82) is 0 Å². The molecule has 4 heteroatoms. The van der Waals surface area contributed by atoms with Gasteiger partial charge in [0.15, 0.2) is 0 Å². The number of allylic oxidation sites excluding steroid dienone is 1. The number of fused-ring (bicyclic) bond motifs is 5. The monoisotopic (exact) mass is 499 g/mol. The van der Waals surface area contributed by atoms with Crippen LogP contribution in [0.15, 0.2) is 11.6 Å². The molecule has 9 atom stereocenters. The highest BCUT2D eigenvalue weighted by Crippen LogP contribution is 2.67. The number of carbonyl (C=O) groups is 1. The van der Waals surface area contributed by atoms with E-state index in [1.807, 2.05) is 0 Å². The van der Waals surface area contributed by atoms with Crippen LogP contribution in [0.3, 0.4) is 0 Å². The van der Waals surface area contributed by atoms with Gasteiger partial charge in [0.05, 0.1) is 12.2 Å². The van der Waals surface area contributed by atoms with Gasteiger partial charge in [-0.25, -0.2) is 0 Å².